The second-order valence-electron chi connectivity index (χ2n) is 7.91. The number of nitrogens with zero attached hydrogens (tertiary/aromatic N) is 1. The number of aryl methyl sites for hydroxylation is 1. The highest BCUT2D eigenvalue weighted by Gasteiger charge is 2.34. The van der Waals surface area contributed by atoms with Crippen LogP contribution in [0.3, 0.4) is 0 Å². The highest BCUT2D eigenvalue weighted by Crippen LogP contribution is 2.26. The minimum absolute atomic E-state index is 0.162. The summed E-state index contributed by atoms with van der Waals surface area (Å²) in [7, 11) is 0. The van der Waals surface area contributed by atoms with Crippen molar-refractivity contribution in [1.29, 1.82) is 0 Å². The van der Waals surface area contributed by atoms with Crippen molar-refractivity contribution in [2.24, 2.45) is 5.92 Å². The van der Waals surface area contributed by atoms with Crippen molar-refractivity contribution in [2.45, 2.75) is 44.9 Å². The Kier molecular flexibility index (Phi) is 5.70. The van der Waals surface area contributed by atoms with Crippen LogP contribution in [0.1, 0.15) is 70.4 Å². The molecule has 0 atom stereocenters. The monoisotopic (exact) mass is 373 g/mol. The van der Waals surface area contributed by atoms with Gasteiger partial charge in [0.25, 0.3) is 11.8 Å². The molecule has 0 N–H and O–H groups in total. The number of hydrogen-bond donors (Lipinski definition) is 0. The van der Waals surface area contributed by atoms with Crippen LogP contribution in [0.5, 0.6) is 0 Å². The molecular formula is C25H27NO2. The molecule has 144 valence electrons. The Balaban J connectivity index is 1.33. The summed E-state index contributed by atoms with van der Waals surface area (Å²) in [6.07, 6.45) is 13.0. The summed E-state index contributed by atoms with van der Waals surface area (Å²) < 4.78 is 0. The fraction of sp³-hybridized carbons (Fsp3) is 0.360. The lowest BCUT2D eigenvalue weighted by Crippen LogP contribution is -2.30. The molecule has 1 aliphatic heterocycles. The first-order chi connectivity index (χ1) is 13.7. The van der Waals surface area contributed by atoms with Crippen LogP contribution in [-0.4, -0.2) is 23.3 Å². The Morgan fingerprint density at radius 3 is 2.32 bits per heavy atom. The quantitative estimate of drug-likeness (QED) is 0.626. The Bertz CT molecular complexity index is 858. The van der Waals surface area contributed by atoms with Gasteiger partial charge < -0.3 is 0 Å². The van der Waals surface area contributed by atoms with Gasteiger partial charge >= 0.3 is 0 Å². The Morgan fingerprint density at radius 1 is 0.893 bits per heavy atom. The first-order valence-electron chi connectivity index (χ1n) is 10.4. The number of amides is 2. The Hall–Kier alpha value is -2.68. The molecular weight excluding hydrogens is 346 g/mol. The zero-order chi connectivity index (χ0) is 19.3. The number of carbonyl (C=O) groups is 2. The topological polar surface area (TPSA) is 37.4 Å². The first-order valence-corrected chi connectivity index (χ1v) is 10.4. The van der Waals surface area contributed by atoms with Crippen molar-refractivity contribution < 1.29 is 9.59 Å². The summed E-state index contributed by atoms with van der Waals surface area (Å²) in [6, 6.07) is 15.7. The predicted octanol–water partition coefficient (Wildman–Crippen LogP) is 5.51. The predicted molar refractivity (Wildman–Crippen MR) is 112 cm³/mol. The molecule has 4 rings (SSSR count). The maximum absolute atomic E-state index is 12.4. The molecule has 1 heterocycles. The number of hydrogen-bond acceptors (Lipinski definition) is 2. The van der Waals surface area contributed by atoms with Crippen molar-refractivity contribution >= 4 is 17.9 Å². The van der Waals surface area contributed by atoms with E-state index < -0.39 is 0 Å². The van der Waals surface area contributed by atoms with Crippen molar-refractivity contribution in [1.82, 2.24) is 4.90 Å². The van der Waals surface area contributed by atoms with E-state index in [4.69, 9.17) is 0 Å². The molecule has 2 aromatic rings. The van der Waals surface area contributed by atoms with Crippen molar-refractivity contribution in [3.05, 3.63) is 76.9 Å². The van der Waals surface area contributed by atoms with Crippen molar-refractivity contribution in [2.75, 3.05) is 6.54 Å². The van der Waals surface area contributed by atoms with Gasteiger partial charge in [0, 0.05) is 6.54 Å². The second kappa shape index (κ2) is 8.55. The number of allylic oxidation sites excluding steroid dienone is 1. The van der Waals surface area contributed by atoms with E-state index in [1.165, 1.54) is 48.1 Å². The minimum atomic E-state index is -0.162. The van der Waals surface area contributed by atoms with E-state index in [1.54, 1.807) is 24.3 Å². The summed E-state index contributed by atoms with van der Waals surface area (Å²) in [6.45, 7) is 0.467. The average Bonchev–Trinajstić information content (AvgIpc) is 2.98. The summed E-state index contributed by atoms with van der Waals surface area (Å²) in [5, 5.41) is 0. The van der Waals surface area contributed by atoms with Crippen LogP contribution >= 0.6 is 0 Å². The molecule has 0 spiro atoms. The molecule has 1 saturated carbocycles. The first kappa shape index (κ1) is 18.7. The van der Waals surface area contributed by atoms with Crippen LogP contribution in [0, 0.1) is 5.92 Å². The van der Waals surface area contributed by atoms with Crippen molar-refractivity contribution in [3.63, 3.8) is 0 Å². The highest BCUT2D eigenvalue weighted by atomic mass is 16.2. The van der Waals surface area contributed by atoms with Gasteiger partial charge in [0.05, 0.1) is 11.1 Å². The molecule has 0 aromatic heterocycles. The van der Waals surface area contributed by atoms with Crippen LogP contribution in [0.4, 0.5) is 0 Å². The molecule has 0 saturated heterocycles. The summed E-state index contributed by atoms with van der Waals surface area (Å²) in [4.78, 5) is 26.3. The lowest BCUT2D eigenvalue weighted by atomic mass is 9.88. The van der Waals surface area contributed by atoms with Gasteiger partial charge in [-0.25, -0.2) is 0 Å². The summed E-state index contributed by atoms with van der Waals surface area (Å²) in [5.41, 5.74) is 3.55. The van der Waals surface area contributed by atoms with Gasteiger partial charge in [0.1, 0.15) is 0 Å². The lowest BCUT2D eigenvalue weighted by molar-refractivity contribution is 0.0652. The fourth-order valence-electron chi connectivity index (χ4n) is 4.31. The average molecular weight is 373 g/mol. The maximum atomic E-state index is 12.4. The van der Waals surface area contributed by atoms with E-state index in [-0.39, 0.29) is 11.8 Å². The molecule has 0 unspecified atom stereocenters. The van der Waals surface area contributed by atoms with Gasteiger partial charge in [-0.1, -0.05) is 67.8 Å². The maximum Gasteiger partial charge on any atom is 0.261 e. The molecule has 2 aromatic carbocycles. The standard InChI is InChI=1S/C25H27NO2/c27-24-22-13-4-5-14-23(22)25(28)26(24)17-7-12-20-10-6-11-21(18-20)16-15-19-8-2-1-3-9-19/h4-6,10-11,13-16,18-19H,1-3,7-9,12,17H2. The highest BCUT2D eigenvalue weighted by molar-refractivity contribution is 6.21. The van der Waals surface area contributed by atoms with Crippen LogP contribution < -0.4 is 0 Å². The van der Waals surface area contributed by atoms with E-state index in [0.717, 1.165) is 18.8 Å². The molecule has 28 heavy (non-hydrogen) atoms. The van der Waals surface area contributed by atoms with Gasteiger partial charge in [-0.05, 0) is 54.9 Å². The third-order valence-electron chi connectivity index (χ3n) is 5.89. The van der Waals surface area contributed by atoms with E-state index in [1.807, 2.05) is 0 Å². The zero-order valence-electron chi connectivity index (χ0n) is 16.3. The summed E-state index contributed by atoms with van der Waals surface area (Å²) in [5.74, 6) is 0.403. The largest absolute Gasteiger partial charge is 0.274 e. The SMILES string of the molecule is O=C1c2ccccc2C(=O)N1CCCc1cccc(C=CC2CCCCC2)c1. The molecule has 2 aliphatic rings. The third kappa shape index (κ3) is 4.09. The normalized spacial score (nSPS) is 17.5. The van der Waals surface area contributed by atoms with Crippen molar-refractivity contribution in [3.8, 4) is 0 Å². The Labute approximate surface area is 167 Å². The van der Waals surface area contributed by atoms with Gasteiger partial charge in [0.15, 0.2) is 0 Å². The smallest absolute Gasteiger partial charge is 0.261 e. The van der Waals surface area contributed by atoms with Gasteiger partial charge in [-0.2, -0.15) is 0 Å². The van der Waals surface area contributed by atoms with Gasteiger partial charge in [0.2, 0.25) is 0 Å². The van der Waals surface area contributed by atoms with E-state index in [9.17, 15) is 9.59 Å². The Morgan fingerprint density at radius 2 is 1.61 bits per heavy atom. The van der Waals surface area contributed by atoms with Crippen LogP contribution in [0.15, 0.2) is 54.6 Å². The van der Waals surface area contributed by atoms with E-state index in [2.05, 4.69) is 36.4 Å². The van der Waals surface area contributed by atoms with Crippen LogP contribution in [0.25, 0.3) is 6.08 Å². The van der Waals surface area contributed by atoms with E-state index in [0.29, 0.717) is 17.7 Å². The number of rotatable bonds is 6. The lowest BCUT2D eigenvalue weighted by Gasteiger charge is -2.17. The molecule has 0 radical (unpaired) electrons. The molecule has 1 aliphatic carbocycles. The molecule has 3 heteroatoms. The van der Waals surface area contributed by atoms with Gasteiger partial charge in [-0.3, -0.25) is 14.5 Å². The van der Waals surface area contributed by atoms with Crippen LogP contribution in [-0.2, 0) is 6.42 Å². The molecule has 1 fully saturated rings. The fourth-order valence-corrected chi connectivity index (χ4v) is 4.31. The van der Waals surface area contributed by atoms with Crippen LogP contribution in [0.2, 0.25) is 0 Å². The van der Waals surface area contributed by atoms with Gasteiger partial charge in [-0.15, -0.1) is 0 Å². The second-order valence-corrected chi connectivity index (χ2v) is 7.91. The zero-order valence-corrected chi connectivity index (χ0v) is 16.3. The van der Waals surface area contributed by atoms with E-state index >= 15 is 0 Å². The molecule has 0 bridgehead atoms. The minimum Gasteiger partial charge on any atom is -0.274 e. The number of benzene rings is 2. The summed E-state index contributed by atoms with van der Waals surface area (Å²) >= 11 is 0. The number of carbonyl (C=O) groups excluding carboxylic acids is 2. The molecule has 2 amide bonds. The third-order valence-corrected chi connectivity index (χ3v) is 5.89. The number of fused-ring (bicyclic) bond motifs is 1. The number of imide groups is 1. The molecule has 3 nitrogen and oxygen atoms in total.